The largest absolute Gasteiger partial charge is 0.352 e. The average molecular weight is 528 g/mol. The van der Waals surface area contributed by atoms with E-state index in [9.17, 15) is 18.0 Å². The van der Waals surface area contributed by atoms with E-state index >= 15 is 0 Å². The van der Waals surface area contributed by atoms with Gasteiger partial charge < -0.3 is 10.2 Å². The van der Waals surface area contributed by atoms with Crippen molar-refractivity contribution in [2.75, 3.05) is 17.1 Å². The third-order valence-electron chi connectivity index (χ3n) is 7.12. The predicted octanol–water partition coefficient (Wildman–Crippen LogP) is 4.63. The molecule has 1 N–H and O–H groups in total. The highest BCUT2D eigenvalue weighted by molar-refractivity contribution is 7.92. The molecule has 2 aromatic carbocycles. The number of anilines is 1. The summed E-state index contributed by atoms with van der Waals surface area (Å²) in [7, 11) is -3.75. The quantitative estimate of drug-likeness (QED) is 0.488. The molecule has 2 amide bonds. The van der Waals surface area contributed by atoms with Crippen molar-refractivity contribution in [3.63, 3.8) is 0 Å². The van der Waals surface area contributed by atoms with Gasteiger partial charge in [-0.3, -0.25) is 13.9 Å². The lowest BCUT2D eigenvalue weighted by Gasteiger charge is -2.34. The molecule has 0 aromatic heterocycles. The minimum Gasteiger partial charge on any atom is -0.352 e. The summed E-state index contributed by atoms with van der Waals surface area (Å²) in [5.41, 5.74) is 4.13. The monoisotopic (exact) mass is 527 g/mol. The van der Waals surface area contributed by atoms with Crippen molar-refractivity contribution in [2.24, 2.45) is 0 Å². The van der Waals surface area contributed by atoms with Crippen molar-refractivity contribution in [1.82, 2.24) is 10.2 Å². The van der Waals surface area contributed by atoms with Gasteiger partial charge in [0.2, 0.25) is 21.8 Å². The van der Waals surface area contributed by atoms with Crippen LogP contribution < -0.4 is 9.62 Å². The smallest absolute Gasteiger partial charge is 0.244 e. The van der Waals surface area contributed by atoms with Gasteiger partial charge in [0.1, 0.15) is 12.6 Å². The number of nitrogens with zero attached hydrogens (tertiary/aromatic N) is 2. The summed E-state index contributed by atoms with van der Waals surface area (Å²) in [6, 6.07) is 12.8. The van der Waals surface area contributed by atoms with Crippen molar-refractivity contribution in [1.29, 1.82) is 0 Å². The van der Waals surface area contributed by atoms with Gasteiger partial charge in [-0.15, -0.1) is 0 Å². The predicted molar refractivity (Wildman–Crippen MR) is 149 cm³/mol. The van der Waals surface area contributed by atoms with Gasteiger partial charge in [0.25, 0.3) is 0 Å². The van der Waals surface area contributed by atoms with E-state index in [0.717, 1.165) is 58.5 Å². The van der Waals surface area contributed by atoms with Crippen molar-refractivity contribution in [3.8, 4) is 0 Å². The Kier molecular flexibility index (Phi) is 9.76. The van der Waals surface area contributed by atoms with Crippen LogP contribution in [0.1, 0.15) is 67.7 Å². The van der Waals surface area contributed by atoms with Crippen molar-refractivity contribution >= 4 is 27.5 Å². The summed E-state index contributed by atoms with van der Waals surface area (Å²) in [6.45, 7) is 7.45. The molecule has 1 atom stereocenters. The Balaban J connectivity index is 1.93. The Hall–Kier alpha value is -2.87. The van der Waals surface area contributed by atoms with Gasteiger partial charge in [-0.25, -0.2) is 8.42 Å². The Bertz CT molecular complexity index is 1190. The van der Waals surface area contributed by atoms with Gasteiger partial charge in [-0.05, 0) is 62.8 Å². The first-order valence-corrected chi connectivity index (χ1v) is 15.0. The van der Waals surface area contributed by atoms with E-state index in [2.05, 4.69) is 5.32 Å². The number of carbonyl (C=O) groups is 2. The minimum absolute atomic E-state index is 0.120. The second-order valence-corrected chi connectivity index (χ2v) is 12.2. The molecule has 0 heterocycles. The van der Waals surface area contributed by atoms with E-state index in [0.29, 0.717) is 12.1 Å². The number of sulfonamides is 1. The zero-order chi connectivity index (χ0) is 27.2. The van der Waals surface area contributed by atoms with Crippen molar-refractivity contribution in [3.05, 3.63) is 64.7 Å². The van der Waals surface area contributed by atoms with E-state index in [1.54, 1.807) is 11.0 Å². The van der Waals surface area contributed by atoms with Gasteiger partial charge >= 0.3 is 0 Å². The molecule has 0 radical (unpaired) electrons. The summed E-state index contributed by atoms with van der Waals surface area (Å²) < 4.78 is 26.9. The third-order valence-corrected chi connectivity index (χ3v) is 8.25. The topological polar surface area (TPSA) is 86.8 Å². The molecule has 0 bridgehead atoms. The maximum Gasteiger partial charge on any atom is 0.244 e. The molecular formula is C29H41N3O4S. The number of amides is 2. The van der Waals surface area contributed by atoms with E-state index in [1.807, 2.05) is 64.1 Å². The van der Waals surface area contributed by atoms with Gasteiger partial charge in [0.15, 0.2) is 0 Å². The third kappa shape index (κ3) is 7.81. The van der Waals surface area contributed by atoms with E-state index in [1.165, 1.54) is 6.42 Å². The Morgan fingerprint density at radius 2 is 1.59 bits per heavy atom. The summed E-state index contributed by atoms with van der Waals surface area (Å²) in [4.78, 5) is 28.9. The highest BCUT2D eigenvalue weighted by Crippen LogP contribution is 2.25. The fourth-order valence-corrected chi connectivity index (χ4v) is 5.84. The molecule has 1 aliphatic rings. The van der Waals surface area contributed by atoms with Crippen LogP contribution in [0.2, 0.25) is 0 Å². The molecule has 1 saturated carbocycles. The van der Waals surface area contributed by atoms with Crippen LogP contribution in [-0.4, -0.2) is 50.0 Å². The van der Waals surface area contributed by atoms with Crippen LogP contribution in [0, 0.1) is 20.8 Å². The van der Waals surface area contributed by atoms with Crippen molar-refractivity contribution < 1.29 is 18.0 Å². The van der Waals surface area contributed by atoms with E-state index in [-0.39, 0.29) is 25.0 Å². The Labute approximate surface area is 222 Å². The molecule has 0 aliphatic heterocycles. The molecule has 7 nitrogen and oxygen atoms in total. The van der Waals surface area contributed by atoms with Crippen LogP contribution >= 0.6 is 0 Å². The molecular weight excluding hydrogens is 486 g/mol. The van der Waals surface area contributed by atoms with Gasteiger partial charge in [-0.1, -0.05) is 68.1 Å². The summed E-state index contributed by atoms with van der Waals surface area (Å²) >= 11 is 0. The lowest BCUT2D eigenvalue weighted by Crippen LogP contribution is -2.54. The number of carbonyl (C=O) groups excluding carboxylic acids is 2. The van der Waals surface area contributed by atoms with E-state index < -0.39 is 22.0 Å². The van der Waals surface area contributed by atoms with Crippen LogP contribution in [0.3, 0.4) is 0 Å². The number of rotatable bonds is 10. The summed E-state index contributed by atoms with van der Waals surface area (Å²) in [6.07, 6.45) is 6.80. The normalized spacial score (nSPS) is 15.2. The Morgan fingerprint density at radius 1 is 0.973 bits per heavy atom. The second kappa shape index (κ2) is 12.6. The number of benzene rings is 2. The van der Waals surface area contributed by atoms with Crippen molar-refractivity contribution in [2.45, 2.75) is 84.8 Å². The Morgan fingerprint density at radius 3 is 2.19 bits per heavy atom. The standard InChI is InChI=1S/C29H41N3O4S/c1-6-26(29(34)30-25-10-8-7-9-11-25)31(19-24-16-13-21(2)14-17-24)28(33)20-32(37(5,35)36)27-18-22(3)12-15-23(27)4/h12-18,25-26H,6-11,19-20H2,1-5H3,(H,30,34)/t26-/m1/s1. The fourth-order valence-electron chi connectivity index (χ4n) is 4.94. The molecule has 2 aromatic rings. The maximum atomic E-state index is 13.9. The van der Waals surface area contributed by atoms with Gasteiger partial charge in [0.05, 0.1) is 11.9 Å². The first-order valence-electron chi connectivity index (χ1n) is 13.2. The van der Waals surface area contributed by atoms with Gasteiger partial charge in [0, 0.05) is 12.6 Å². The van der Waals surface area contributed by atoms with Crippen LogP contribution in [0.4, 0.5) is 5.69 Å². The molecule has 1 aliphatic carbocycles. The second-order valence-electron chi connectivity index (χ2n) is 10.3. The highest BCUT2D eigenvalue weighted by atomic mass is 32.2. The maximum absolute atomic E-state index is 13.9. The van der Waals surface area contributed by atoms with Crippen LogP contribution in [0.15, 0.2) is 42.5 Å². The number of hydrogen-bond donors (Lipinski definition) is 1. The summed E-state index contributed by atoms with van der Waals surface area (Å²) in [5, 5.41) is 3.17. The SMILES string of the molecule is CC[C@H](C(=O)NC1CCCCC1)N(Cc1ccc(C)cc1)C(=O)CN(c1cc(C)ccc1C)S(C)(=O)=O. The van der Waals surface area contributed by atoms with Crippen LogP contribution in [0.5, 0.6) is 0 Å². The molecule has 0 spiro atoms. The zero-order valence-electron chi connectivity index (χ0n) is 22.8. The first kappa shape index (κ1) is 28.7. The van der Waals surface area contributed by atoms with Crippen LogP contribution in [0.25, 0.3) is 0 Å². The average Bonchev–Trinajstić information content (AvgIpc) is 2.85. The van der Waals surface area contributed by atoms with Crippen LogP contribution in [-0.2, 0) is 26.2 Å². The fraction of sp³-hybridized carbons (Fsp3) is 0.517. The lowest BCUT2D eigenvalue weighted by atomic mass is 9.95. The highest BCUT2D eigenvalue weighted by Gasteiger charge is 2.33. The zero-order valence-corrected chi connectivity index (χ0v) is 23.6. The molecule has 37 heavy (non-hydrogen) atoms. The summed E-state index contributed by atoms with van der Waals surface area (Å²) in [5.74, 6) is -0.579. The number of nitrogens with one attached hydrogen (secondary N) is 1. The molecule has 3 rings (SSSR count). The molecule has 202 valence electrons. The van der Waals surface area contributed by atoms with E-state index in [4.69, 9.17) is 0 Å². The molecule has 8 heteroatoms. The number of aryl methyl sites for hydroxylation is 3. The first-order chi connectivity index (χ1) is 17.5. The number of hydrogen-bond acceptors (Lipinski definition) is 4. The molecule has 1 fully saturated rings. The molecule has 0 saturated heterocycles. The molecule has 0 unspecified atom stereocenters. The minimum atomic E-state index is -3.75. The van der Waals surface area contributed by atoms with Gasteiger partial charge in [-0.2, -0.15) is 0 Å². The lowest BCUT2D eigenvalue weighted by molar-refractivity contribution is -0.140.